The first-order valence-corrected chi connectivity index (χ1v) is 24.1. The first-order chi connectivity index (χ1) is 31.9. The molecule has 0 aliphatic carbocycles. The first-order valence-electron chi connectivity index (χ1n) is 23.5. The van der Waals surface area contributed by atoms with Gasteiger partial charge < -0.3 is 47.7 Å². The summed E-state index contributed by atoms with van der Waals surface area (Å²) in [6.45, 7) is 17.4. The third kappa shape index (κ3) is 16.0. The Morgan fingerprint density at radius 3 is 1.40 bits per heavy atom. The van der Waals surface area contributed by atoms with Crippen LogP contribution < -0.4 is 18.9 Å². The summed E-state index contributed by atoms with van der Waals surface area (Å²) in [4.78, 5) is 50.5. The third-order valence-corrected chi connectivity index (χ3v) is 12.7. The van der Waals surface area contributed by atoms with Gasteiger partial charge in [0, 0.05) is 75.8 Å². The highest BCUT2D eigenvalue weighted by Crippen LogP contribution is 2.46. The molecular weight excluding hydrogens is 888 g/mol. The molecule has 4 aliphatic rings. The lowest BCUT2D eigenvalue weighted by Gasteiger charge is -2.47. The standard InChI is InChI=1S/C26H39NO7.C21H30ClNO5.C3H6O2/c1-16(2)9-19-14-27-8-7-18-11-23(30-5)24(31-6)12-20(18)21(27)13-22(19)34-26(29)33-15-32-25(28)10-17(3)4;1-13(2)7-15-11-23-6-5-14-8-19(25-3)20(26-4)9-16(14)17(23)10-18(15)28-21(24)27-12-22;1-2-3(4)5/h11-12,16-17,19,21-22H,7-10,13-15H2,1-6H3;8-9,13,15,17-18H,5-7,10-12H2,1-4H3;2H2,1H3,(H,4,5)/t19-,21-,22-;15-,17-,18-;/m11./s1. The third-order valence-electron chi connectivity index (χ3n) is 12.6. The zero-order valence-electron chi connectivity index (χ0n) is 41.4. The Bertz CT molecular complexity index is 1930. The fourth-order valence-electron chi connectivity index (χ4n) is 9.66. The highest BCUT2D eigenvalue weighted by Gasteiger charge is 2.43. The number of methoxy groups -OCH3 is 4. The summed E-state index contributed by atoms with van der Waals surface area (Å²) in [6, 6.07) is 8.36. The number of hydrogen-bond acceptors (Lipinski definition) is 15. The molecule has 17 heteroatoms. The van der Waals surface area contributed by atoms with Gasteiger partial charge in [0.1, 0.15) is 12.2 Å². The second-order valence-electron chi connectivity index (χ2n) is 18.8. The van der Waals surface area contributed by atoms with Crippen molar-refractivity contribution < 1.29 is 66.9 Å². The molecule has 16 nitrogen and oxygen atoms in total. The van der Waals surface area contributed by atoms with E-state index in [0.29, 0.717) is 24.0 Å². The Balaban J connectivity index is 0.000000269. The van der Waals surface area contributed by atoms with Crippen molar-refractivity contribution >= 4 is 35.9 Å². The predicted octanol–water partition coefficient (Wildman–Crippen LogP) is 9.61. The minimum Gasteiger partial charge on any atom is -0.493 e. The van der Waals surface area contributed by atoms with Crippen LogP contribution >= 0.6 is 11.6 Å². The molecule has 4 aliphatic heterocycles. The van der Waals surface area contributed by atoms with Gasteiger partial charge in [0.25, 0.3) is 0 Å². The summed E-state index contributed by atoms with van der Waals surface area (Å²) < 4.78 is 48.4. The topological polar surface area (TPSA) is 178 Å². The molecule has 2 fully saturated rings. The summed E-state index contributed by atoms with van der Waals surface area (Å²) in [5, 5.41) is 7.72. The monoisotopic (exact) mass is 962 g/mol. The first kappa shape index (κ1) is 54.9. The van der Waals surface area contributed by atoms with Crippen LogP contribution in [0, 0.1) is 29.6 Å². The molecule has 2 aromatic rings. The molecule has 4 heterocycles. The smallest absolute Gasteiger partial charge is 0.493 e. The van der Waals surface area contributed by atoms with Gasteiger partial charge in [-0.15, -0.1) is 0 Å². The number of benzene rings is 2. The zero-order valence-corrected chi connectivity index (χ0v) is 42.2. The number of carbonyl (C=O) groups excluding carboxylic acids is 3. The van der Waals surface area contributed by atoms with E-state index in [4.69, 9.17) is 59.3 Å². The molecule has 6 atom stereocenters. The molecule has 0 bridgehead atoms. The number of halogens is 1. The van der Waals surface area contributed by atoms with Gasteiger partial charge in [0.15, 0.2) is 29.1 Å². The largest absolute Gasteiger partial charge is 0.511 e. The fraction of sp³-hybridized carbons (Fsp3) is 0.680. The van der Waals surface area contributed by atoms with Gasteiger partial charge in [0.2, 0.25) is 6.79 Å². The number of esters is 1. The van der Waals surface area contributed by atoms with Gasteiger partial charge in [-0.3, -0.25) is 19.4 Å². The number of piperidine rings is 2. The van der Waals surface area contributed by atoms with Crippen molar-refractivity contribution in [2.75, 3.05) is 67.5 Å². The van der Waals surface area contributed by atoms with E-state index in [1.54, 1.807) is 35.4 Å². The summed E-state index contributed by atoms with van der Waals surface area (Å²) in [5.74, 6) is 3.43. The molecule has 2 aromatic carbocycles. The van der Waals surface area contributed by atoms with E-state index in [2.05, 4.69) is 61.8 Å². The van der Waals surface area contributed by atoms with Crippen molar-refractivity contribution in [1.82, 2.24) is 9.80 Å². The Morgan fingerprint density at radius 2 is 1.04 bits per heavy atom. The Labute approximate surface area is 402 Å². The highest BCUT2D eigenvalue weighted by molar-refractivity contribution is 6.17. The second-order valence-corrected chi connectivity index (χ2v) is 19.0. The maximum absolute atomic E-state index is 12.5. The minimum absolute atomic E-state index is 0.119. The van der Waals surface area contributed by atoms with Gasteiger partial charge in [-0.2, -0.15) is 0 Å². The van der Waals surface area contributed by atoms with Crippen LogP contribution in [-0.2, 0) is 46.1 Å². The molecule has 0 spiro atoms. The lowest BCUT2D eigenvalue weighted by atomic mass is 9.79. The summed E-state index contributed by atoms with van der Waals surface area (Å²) >= 11 is 5.52. The van der Waals surface area contributed by atoms with Crippen molar-refractivity contribution in [2.45, 2.75) is 124 Å². The van der Waals surface area contributed by atoms with E-state index in [1.165, 1.54) is 22.3 Å². The van der Waals surface area contributed by atoms with E-state index < -0.39 is 31.0 Å². The van der Waals surface area contributed by atoms with E-state index in [0.717, 1.165) is 75.5 Å². The van der Waals surface area contributed by atoms with Crippen molar-refractivity contribution in [3.05, 3.63) is 46.5 Å². The number of carboxylic acid groups (broad SMARTS) is 1. The van der Waals surface area contributed by atoms with Crippen LogP contribution in [-0.4, -0.2) is 119 Å². The van der Waals surface area contributed by atoms with Crippen LogP contribution in [0.1, 0.15) is 121 Å². The molecule has 0 amide bonds. The van der Waals surface area contributed by atoms with Crippen molar-refractivity contribution in [3.8, 4) is 23.0 Å². The molecule has 1 N–H and O–H groups in total. The number of aliphatic carboxylic acids is 1. The Kier molecular flexibility index (Phi) is 21.9. The average molecular weight is 964 g/mol. The molecule has 0 saturated carbocycles. The number of alkyl halides is 1. The summed E-state index contributed by atoms with van der Waals surface area (Å²) in [5.41, 5.74) is 4.92. The number of fused-ring (bicyclic) bond motifs is 6. The number of ether oxygens (including phenoxy) is 9. The maximum Gasteiger partial charge on any atom is 0.511 e. The van der Waals surface area contributed by atoms with E-state index in [9.17, 15) is 19.2 Å². The van der Waals surface area contributed by atoms with Crippen LogP contribution in [0.4, 0.5) is 9.59 Å². The Morgan fingerprint density at radius 1 is 0.642 bits per heavy atom. The number of nitrogens with zero attached hydrogens (tertiary/aromatic N) is 2. The summed E-state index contributed by atoms with van der Waals surface area (Å²) in [6.07, 6.45) is 3.79. The molecule has 67 heavy (non-hydrogen) atoms. The fourth-order valence-corrected chi connectivity index (χ4v) is 9.75. The number of carbonyl (C=O) groups is 4. The van der Waals surface area contributed by atoms with Gasteiger partial charge in [-0.05, 0) is 90.0 Å². The highest BCUT2D eigenvalue weighted by atomic mass is 35.5. The van der Waals surface area contributed by atoms with Gasteiger partial charge in [-0.1, -0.05) is 60.1 Å². The molecule has 0 aromatic heterocycles. The Hall–Kier alpha value is -4.67. The van der Waals surface area contributed by atoms with E-state index in [1.807, 2.05) is 13.8 Å². The molecule has 376 valence electrons. The lowest BCUT2D eigenvalue weighted by molar-refractivity contribution is -0.155. The van der Waals surface area contributed by atoms with Crippen LogP contribution in [0.2, 0.25) is 0 Å². The molecule has 6 rings (SSSR count). The second kappa shape index (κ2) is 26.8. The van der Waals surface area contributed by atoms with Crippen LogP contribution in [0.5, 0.6) is 23.0 Å². The van der Waals surface area contributed by atoms with E-state index >= 15 is 0 Å². The van der Waals surface area contributed by atoms with Crippen molar-refractivity contribution in [1.29, 1.82) is 0 Å². The SMILES string of the molecule is CCC(=O)O.COc1cc2c(cc1OC)[C@H]1C[C@@H](OC(=O)OCCl)[C@H](CC(C)C)CN1CC2.COc1cc2c(cc1OC)[C@H]1C[C@@H](OC(=O)OCOC(=O)CC(C)C)[C@H](CC(C)C)CN1CC2. The van der Waals surface area contributed by atoms with Crippen LogP contribution in [0.15, 0.2) is 24.3 Å². The molecular formula is C50H75ClN2O14. The van der Waals surface area contributed by atoms with Crippen LogP contribution in [0.25, 0.3) is 0 Å². The van der Waals surface area contributed by atoms with Crippen molar-refractivity contribution in [2.24, 2.45) is 29.6 Å². The minimum atomic E-state index is -0.798. The predicted molar refractivity (Wildman–Crippen MR) is 252 cm³/mol. The average Bonchev–Trinajstić information content (AvgIpc) is 3.28. The van der Waals surface area contributed by atoms with Gasteiger partial charge in [-0.25, -0.2) is 9.59 Å². The lowest BCUT2D eigenvalue weighted by Crippen LogP contribution is -2.49. The summed E-state index contributed by atoms with van der Waals surface area (Å²) in [7, 11) is 6.59. The van der Waals surface area contributed by atoms with Crippen molar-refractivity contribution in [3.63, 3.8) is 0 Å². The van der Waals surface area contributed by atoms with Gasteiger partial charge in [0.05, 0.1) is 28.4 Å². The maximum atomic E-state index is 12.5. The molecule has 0 unspecified atom stereocenters. The quantitative estimate of drug-likeness (QED) is 0.0727. The zero-order chi connectivity index (χ0) is 49.4. The van der Waals surface area contributed by atoms with E-state index in [-0.39, 0.29) is 61.0 Å². The van der Waals surface area contributed by atoms with Gasteiger partial charge >= 0.3 is 24.2 Å². The number of hydrogen-bond donors (Lipinski definition) is 1. The van der Waals surface area contributed by atoms with Crippen LogP contribution in [0.3, 0.4) is 0 Å². The molecule has 2 saturated heterocycles. The molecule has 0 radical (unpaired) electrons. The number of rotatable bonds is 16. The normalized spacial score (nSPS) is 21.9. The number of carboxylic acids is 1.